The average molecular weight is 314 g/mol. The van der Waals surface area contributed by atoms with Crippen molar-refractivity contribution in [3.63, 3.8) is 0 Å². The highest BCUT2D eigenvalue weighted by atomic mass is 79.9. The molecule has 1 aromatic carbocycles. The fourth-order valence-corrected chi connectivity index (χ4v) is 2.65. The van der Waals surface area contributed by atoms with Crippen LogP contribution in [0.25, 0.3) is 0 Å². The molecule has 0 radical (unpaired) electrons. The van der Waals surface area contributed by atoms with E-state index in [4.69, 9.17) is 0 Å². The summed E-state index contributed by atoms with van der Waals surface area (Å²) in [4.78, 5) is 10.2. The number of nitro groups is 1. The Labute approximate surface area is 114 Å². The Hall–Kier alpha value is -1.14. The maximum absolute atomic E-state index is 10.6. The van der Waals surface area contributed by atoms with E-state index in [-0.39, 0.29) is 5.69 Å². The van der Waals surface area contributed by atoms with Crippen molar-refractivity contribution in [2.24, 2.45) is 0 Å². The third kappa shape index (κ3) is 3.43. The van der Waals surface area contributed by atoms with Crippen LogP contribution in [0.15, 0.2) is 22.7 Å². The zero-order valence-electron chi connectivity index (χ0n) is 9.99. The fourth-order valence-electron chi connectivity index (χ4n) is 2.15. The van der Waals surface area contributed by atoms with Crippen LogP contribution in [-0.2, 0) is 0 Å². The summed E-state index contributed by atoms with van der Waals surface area (Å²) in [5.74, 6) is 0. The molecule has 98 valence electrons. The van der Waals surface area contributed by atoms with Crippen molar-refractivity contribution in [2.75, 3.05) is 18.4 Å². The second-order valence-electron chi connectivity index (χ2n) is 4.43. The summed E-state index contributed by atoms with van der Waals surface area (Å²) in [6.45, 7) is 1.99. The van der Waals surface area contributed by atoms with E-state index in [2.05, 4.69) is 26.6 Å². The van der Waals surface area contributed by atoms with Gasteiger partial charge in [0.2, 0.25) is 0 Å². The fraction of sp³-hybridized carbons (Fsp3) is 0.500. The molecule has 1 aliphatic heterocycles. The molecule has 1 unspecified atom stereocenters. The summed E-state index contributed by atoms with van der Waals surface area (Å²) < 4.78 is 0.732. The van der Waals surface area contributed by atoms with Gasteiger partial charge in [-0.3, -0.25) is 10.1 Å². The lowest BCUT2D eigenvalue weighted by molar-refractivity contribution is -0.384. The van der Waals surface area contributed by atoms with Crippen LogP contribution in [-0.4, -0.2) is 24.1 Å². The molecule has 0 aromatic heterocycles. The smallest absolute Gasteiger partial charge is 0.270 e. The van der Waals surface area contributed by atoms with Crippen LogP contribution in [0.4, 0.5) is 11.4 Å². The first-order chi connectivity index (χ1) is 8.66. The summed E-state index contributed by atoms with van der Waals surface area (Å²) in [5.41, 5.74) is 1.00. The van der Waals surface area contributed by atoms with Crippen molar-refractivity contribution in [3.8, 4) is 0 Å². The number of nitrogens with one attached hydrogen (secondary N) is 2. The lowest BCUT2D eigenvalue weighted by atomic mass is 10.1. The SMILES string of the molecule is O=[N+]([O-])c1ccc(NCCC2CCCN2)c(Br)c1. The van der Waals surface area contributed by atoms with Crippen molar-refractivity contribution in [3.05, 3.63) is 32.8 Å². The molecular weight excluding hydrogens is 298 g/mol. The van der Waals surface area contributed by atoms with Gasteiger partial charge in [-0.05, 0) is 47.8 Å². The molecule has 6 heteroatoms. The number of anilines is 1. The number of nitrogens with zero attached hydrogens (tertiary/aromatic N) is 1. The number of halogens is 1. The Morgan fingerprint density at radius 2 is 2.39 bits per heavy atom. The molecule has 18 heavy (non-hydrogen) atoms. The van der Waals surface area contributed by atoms with Crippen LogP contribution < -0.4 is 10.6 Å². The Balaban J connectivity index is 1.87. The number of non-ortho nitro benzene ring substituents is 1. The first-order valence-electron chi connectivity index (χ1n) is 6.08. The van der Waals surface area contributed by atoms with Gasteiger partial charge in [0.15, 0.2) is 0 Å². The lowest BCUT2D eigenvalue weighted by Gasteiger charge is -2.12. The maximum Gasteiger partial charge on any atom is 0.270 e. The minimum atomic E-state index is -0.392. The van der Waals surface area contributed by atoms with E-state index in [1.807, 2.05) is 0 Å². The third-order valence-corrected chi connectivity index (χ3v) is 3.79. The van der Waals surface area contributed by atoms with Gasteiger partial charge in [0, 0.05) is 34.9 Å². The molecule has 2 rings (SSSR count). The van der Waals surface area contributed by atoms with Gasteiger partial charge < -0.3 is 10.6 Å². The van der Waals surface area contributed by atoms with Crippen molar-refractivity contribution >= 4 is 27.3 Å². The highest BCUT2D eigenvalue weighted by Gasteiger charge is 2.13. The molecule has 1 atom stereocenters. The van der Waals surface area contributed by atoms with Gasteiger partial charge in [-0.1, -0.05) is 0 Å². The monoisotopic (exact) mass is 313 g/mol. The Kier molecular flexibility index (Phi) is 4.54. The molecule has 1 saturated heterocycles. The lowest BCUT2D eigenvalue weighted by Crippen LogP contribution is -2.24. The molecule has 2 N–H and O–H groups in total. The van der Waals surface area contributed by atoms with Crippen LogP contribution >= 0.6 is 15.9 Å². The van der Waals surface area contributed by atoms with E-state index in [0.29, 0.717) is 6.04 Å². The number of nitro benzene ring substituents is 1. The van der Waals surface area contributed by atoms with Gasteiger partial charge in [0.25, 0.3) is 5.69 Å². The molecule has 0 aliphatic carbocycles. The molecule has 0 amide bonds. The Bertz CT molecular complexity index is 433. The number of hydrogen-bond donors (Lipinski definition) is 2. The summed E-state index contributed by atoms with van der Waals surface area (Å²) in [6.07, 6.45) is 3.57. The van der Waals surface area contributed by atoms with Crippen LogP contribution in [0.2, 0.25) is 0 Å². The average Bonchev–Trinajstić information content (AvgIpc) is 2.84. The van der Waals surface area contributed by atoms with Gasteiger partial charge in [-0.15, -0.1) is 0 Å². The minimum Gasteiger partial charge on any atom is -0.384 e. The van der Waals surface area contributed by atoms with Gasteiger partial charge in [-0.25, -0.2) is 0 Å². The highest BCUT2D eigenvalue weighted by Crippen LogP contribution is 2.27. The zero-order chi connectivity index (χ0) is 13.0. The van der Waals surface area contributed by atoms with Crippen LogP contribution in [0.3, 0.4) is 0 Å². The quantitative estimate of drug-likeness (QED) is 0.648. The molecule has 1 fully saturated rings. The van der Waals surface area contributed by atoms with Gasteiger partial charge in [-0.2, -0.15) is 0 Å². The molecule has 0 bridgehead atoms. The standard InChI is InChI=1S/C12H16BrN3O2/c13-11-8-10(16(17)18)3-4-12(11)15-7-5-9-2-1-6-14-9/h3-4,8-9,14-15H,1-2,5-7H2. The largest absolute Gasteiger partial charge is 0.384 e. The minimum absolute atomic E-state index is 0.102. The van der Waals surface area contributed by atoms with Crippen LogP contribution in [0.1, 0.15) is 19.3 Å². The predicted octanol–water partition coefficient (Wildman–Crippen LogP) is 2.91. The normalized spacial score (nSPS) is 18.8. The van der Waals surface area contributed by atoms with Gasteiger partial charge >= 0.3 is 0 Å². The molecule has 1 aromatic rings. The molecular formula is C12H16BrN3O2. The summed E-state index contributed by atoms with van der Waals surface area (Å²) in [6, 6.07) is 5.38. The van der Waals surface area contributed by atoms with E-state index < -0.39 is 4.92 Å². The second kappa shape index (κ2) is 6.15. The molecule has 0 spiro atoms. The van der Waals surface area contributed by atoms with E-state index >= 15 is 0 Å². The molecule has 0 saturated carbocycles. The van der Waals surface area contributed by atoms with Crippen molar-refractivity contribution in [1.82, 2.24) is 5.32 Å². The van der Waals surface area contributed by atoms with E-state index in [9.17, 15) is 10.1 Å². The summed E-state index contributed by atoms with van der Waals surface area (Å²) >= 11 is 3.35. The number of hydrogen-bond acceptors (Lipinski definition) is 4. The highest BCUT2D eigenvalue weighted by molar-refractivity contribution is 9.10. The molecule has 1 aliphatic rings. The summed E-state index contributed by atoms with van der Waals surface area (Å²) in [7, 11) is 0. The van der Waals surface area contributed by atoms with Crippen molar-refractivity contribution < 1.29 is 4.92 Å². The first-order valence-corrected chi connectivity index (χ1v) is 6.87. The second-order valence-corrected chi connectivity index (χ2v) is 5.28. The first kappa shape index (κ1) is 13.3. The number of rotatable bonds is 5. The molecule has 5 nitrogen and oxygen atoms in total. The Morgan fingerprint density at radius 1 is 1.56 bits per heavy atom. The van der Waals surface area contributed by atoms with E-state index in [0.717, 1.165) is 29.7 Å². The summed E-state index contributed by atoms with van der Waals surface area (Å²) in [5, 5.41) is 17.3. The van der Waals surface area contributed by atoms with Crippen LogP contribution in [0.5, 0.6) is 0 Å². The molecule has 1 heterocycles. The predicted molar refractivity (Wildman–Crippen MR) is 74.9 cm³/mol. The third-order valence-electron chi connectivity index (χ3n) is 3.13. The van der Waals surface area contributed by atoms with Crippen molar-refractivity contribution in [1.29, 1.82) is 0 Å². The van der Waals surface area contributed by atoms with Crippen molar-refractivity contribution in [2.45, 2.75) is 25.3 Å². The number of benzene rings is 1. The Morgan fingerprint density at radius 3 is 3.00 bits per heavy atom. The van der Waals surface area contributed by atoms with Crippen LogP contribution in [0, 0.1) is 10.1 Å². The maximum atomic E-state index is 10.6. The topological polar surface area (TPSA) is 67.2 Å². The van der Waals surface area contributed by atoms with E-state index in [1.54, 1.807) is 6.07 Å². The van der Waals surface area contributed by atoms with Gasteiger partial charge in [0.1, 0.15) is 0 Å². The zero-order valence-corrected chi connectivity index (χ0v) is 11.6. The van der Waals surface area contributed by atoms with E-state index in [1.165, 1.54) is 25.0 Å². The van der Waals surface area contributed by atoms with Gasteiger partial charge in [0.05, 0.1) is 4.92 Å².